The van der Waals surface area contributed by atoms with Gasteiger partial charge in [-0.15, -0.1) is 0 Å². The molecule has 1 unspecified atom stereocenters. The van der Waals surface area contributed by atoms with Gasteiger partial charge in [-0.2, -0.15) is 0 Å². The highest BCUT2D eigenvalue weighted by Crippen LogP contribution is 2.30. The summed E-state index contributed by atoms with van der Waals surface area (Å²) >= 11 is 0. The van der Waals surface area contributed by atoms with E-state index in [2.05, 4.69) is 6.92 Å². The molecule has 6 nitrogen and oxygen atoms in total. The van der Waals surface area contributed by atoms with Crippen molar-refractivity contribution in [3.05, 3.63) is 23.8 Å². The van der Waals surface area contributed by atoms with Crippen molar-refractivity contribution in [1.29, 1.82) is 0 Å². The van der Waals surface area contributed by atoms with Crippen LogP contribution in [0.2, 0.25) is 0 Å². The molecule has 23 heavy (non-hydrogen) atoms. The molecule has 0 fully saturated rings. The Kier molecular flexibility index (Phi) is 6.55. The van der Waals surface area contributed by atoms with E-state index in [0.29, 0.717) is 12.4 Å². The number of carbonyl (C=O) groups excluding carboxylic acids is 2. The number of Topliss-reactive ketones (excluding diaryl/α,β-unsaturated/α-hetero) is 1. The molecule has 0 spiro atoms. The summed E-state index contributed by atoms with van der Waals surface area (Å²) in [5.41, 5.74) is 0.263. The number of rotatable bonds is 9. The lowest BCUT2D eigenvalue weighted by Crippen LogP contribution is -2.40. The number of carbonyl (C=O) groups is 2. The molecule has 6 heteroatoms. The van der Waals surface area contributed by atoms with E-state index in [1.54, 1.807) is 6.07 Å². The first-order valence-electron chi connectivity index (χ1n) is 7.92. The molecule has 1 aromatic rings. The number of benzene rings is 1. The number of hydrogen-bond donors (Lipinski definition) is 1. The second-order valence-electron chi connectivity index (χ2n) is 5.33. The number of aliphatic hydroxyl groups excluding tert-OH is 1. The van der Waals surface area contributed by atoms with Gasteiger partial charge in [-0.05, 0) is 24.6 Å². The average Bonchev–Trinajstić information content (AvgIpc) is 2.55. The molecule has 0 aliphatic carbocycles. The molecule has 0 bridgehead atoms. The fourth-order valence-electron chi connectivity index (χ4n) is 2.33. The third-order valence-electron chi connectivity index (χ3n) is 3.52. The highest BCUT2D eigenvalue weighted by atomic mass is 16.6. The van der Waals surface area contributed by atoms with Crippen LogP contribution in [0.15, 0.2) is 18.2 Å². The molecule has 0 saturated heterocycles. The van der Waals surface area contributed by atoms with Crippen molar-refractivity contribution in [1.82, 2.24) is 0 Å². The number of fused-ring (bicyclic) bond motifs is 1. The Morgan fingerprint density at radius 1 is 1.17 bits per heavy atom. The smallest absolute Gasteiger partial charge is 0.348 e. The van der Waals surface area contributed by atoms with E-state index < -0.39 is 17.9 Å². The zero-order chi connectivity index (χ0) is 16.7. The van der Waals surface area contributed by atoms with Gasteiger partial charge in [-0.1, -0.05) is 26.2 Å². The largest absolute Gasteiger partial charge is 0.491 e. The van der Waals surface area contributed by atoms with Crippen LogP contribution in [0, 0.1) is 0 Å². The quantitative estimate of drug-likeness (QED) is 0.324. The minimum Gasteiger partial charge on any atom is -0.491 e. The molecule has 0 amide bonds. The maximum absolute atomic E-state index is 12.4. The number of hydrogen-bond acceptors (Lipinski definition) is 6. The summed E-state index contributed by atoms with van der Waals surface area (Å²) in [6.45, 7) is 2.46. The second kappa shape index (κ2) is 8.64. The third kappa shape index (κ3) is 4.53. The summed E-state index contributed by atoms with van der Waals surface area (Å²) < 4.78 is 15.9. The third-order valence-corrected chi connectivity index (χ3v) is 3.52. The first kappa shape index (κ1) is 17.4. The van der Waals surface area contributed by atoms with Gasteiger partial charge < -0.3 is 19.3 Å². The molecular weight excluding hydrogens is 300 g/mol. The van der Waals surface area contributed by atoms with Crippen molar-refractivity contribution in [3.8, 4) is 11.5 Å². The minimum atomic E-state index is -1.21. The first-order valence-corrected chi connectivity index (χ1v) is 7.92. The molecule has 126 valence electrons. The normalized spacial score (nSPS) is 16.9. The molecule has 1 atom stereocenters. The summed E-state index contributed by atoms with van der Waals surface area (Å²) in [4.78, 5) is 24.4. The number of esters is 1. The number of ether oxygens (including phenoxy) is 3. The molecule has 1 heterocycles. The van der Waals surface area contributed by atoms with Crippen LogP contribution >= 0.6 is 0 Å². The Labute approximate surface area is 135 Å². The molecule has 1 aliphatic rings. The van der Waals surface area contributed by atoms with Crippen LogP contribution in [-0.4, -0.2) is 42.8 Å². The van der Waals surface area contributed by atoms with Gasteiger partial charge in [0.1, 0.15) is 18.1 Å². The summed E-state index contributed by atoms with van der Waals surface area (Å²) in [7, 11) is 0. The van der Waals surface area contributed by atoms with Crippen molar-refractivity contribution in [2.75, 3.05) is 19.8 Å². The summed E-state index contributed by atoms with van der Waals surface area (Å²) in [5, 5.41) is 8.77. The van der Waals surface area contributed by atoms with Crippen LogP contribution in [0.4, 0.5) is 0 Å². The van der Waals surface area contributed by atoms with Crippen LogP contribution in [0.25, 0.3) is 0 Å². The van der Waals surface area contributed by atoms with Crippen LogP contribution in [0.1, 0.15) is 43.0 Å². The molecule has 0 aromatic heterocycles. The summed E-state index contributed by atoms with van der Waals surface area (Å²) in [6.07, 6.45) is 2.80. The Hall–Kier alpha value is -1.92. The second-order valence-corrected chi connectivity index (χ2v) is 5.33. The van der Waals surface area contributed by atoms with E-state index in [4.69, 9.17) is 19.3 Å². The van der Waals surface area contributed by atoms with Gasteiger partial charge >= 0.3 is 5.97 Å². The lowest BCUT2D eigenvalue weighted by atomic mass is 10.0. The molecular formula is C17H22O6. The fourth-order valence-corrected chi connectivity index (χ4v) is 2.33. The van der Waals surface area contributed by atoms with E-state index in [0.717, 1.165) is 25.7 Å². The lowest BCUT2D eigenvalue weighted by Gasteiger charge is -2.22. The summed E-state index contributed by atoms with van der Waals surface area (Å²) in [5.74, 6) is -0.448. The zero-order valence-corrected chi connectivity index (χ0v) is 13.2. The molecule has 0 saturated carbocycles. The van der Waals surface area contributed by atoms with Gasteiger partial charge in [0.05, 0.1) is 12.2 Å². The van der Waals surface area contributed by atoms with Crippen LogP contribution in [-0.2, 0) is 9.53 Å². The van der Waals surface area contributed by atoms with E-state index >= 15 is 0 Å². The number of aliphatic hydroxyl groups is 1. The predicted molar refractivity (Wildman–Crippen MR) is 82.9 cm³/mol. The topological polar surface area (TPSA) is 82.1 Å². The monoisotopic (exact) mass is 322 g/mol. The Morgan fingerprint density at radius 3 is 2.74 bits per heavy atom. The van der Waals surface area contributed by atoms with E-state index in [1.165, 1.54) is 12.1 Å². The average molecular weight is 322 g/mol. The van der Waals surface area contributed by atoms with Crippen LogP contribution in [0.5, 0.6) is 11.5 Å². The van der Waals surface area contributed by atoms with E-state index in [1.807, 2.05) is 0 Å². The van der Waals surface area contributed by atoms with E-state index in [-0.39, 0.29) is 24.5 Å². The van der Waals surface area contributed by atoms with E-state index in [9.17, 15) is 9.59 Å². The fraction of sp³-hybridized carbons (Fsp3) is 0.529. The number of unbranched alkanes of at least 4 members (excludes halogenated alkanes) is 3. The Balaban J connectivity index is 2.02. The van der Waals surface area contributed by atoms with Crippen molar-refractivity contribution in [3.63, 3.8) is 0 Å². The predicted octanol–water partition coefficient (Wildman–Crippen LogP) is 2.12. The SMILES string of the molecule is CCCCCCOC1C(=O)Oc2ccc(OCCO)cc2C1=O. The van der Waals surface area contributed by atoms with Crippen molar-refractivity contribution >= 4 is 11.8 Å². The highest BCUT2D eigenvalue weighted by molar-refractivity contribution is 6.15. The van der Waals surface area contributed by atoms with Crippen molar-refractivity contribution in [2.45, 2.75) is 38.7 Å². The highest BCUT2D eigenvalue weighted by Gasteiger charge is 2.37. The molecule has 1 aromatic carbocycles. The van der Waals surface area contributed by atoms with Gasteiger partial charge in [0.15, 0.2) is 0 Å². The maximum Gasteiger partial charge on any atom is 0.348 e. The van der Waals surface area contributed by atoms with Gasteiger partial charge in [-0.3, -0.25) is 4.79 Å². The zero-order valence-electron chi connectivity index (χ0n) is 13.2. The molecule has 1 aliphatic heterocycles. The molecule has 1 N–H and O–H groups in total. The van der Waals surface area contributed by atoms with Gasteiger partial charge in [0, 0.05) is 6.61 Å². The van der Waals surface area contributed by atoms with Gasteiger partial charge in [-0.25, -0.2) is 4.79 Å². The Bertz CT molecular complexity index is 554. The van der Waals surface area contributed by atoms with Gasteiger partial charge in [0.25, 0.3) is 0 Å². The van der Waals surface area contributed by atoms with Crippen molar-refractivity contribution in [2.24, 2.45) is 0 Å². The molecule has 0 radical (unpaired) electrons. The van der Waals surface area contributed by atoms with Gasteiger partial charge in [0.2, 0.25) is 11.9 Å². The lowest BCUT2D eigenvalue weighted by molar-refractivity contribution is -0.145. The maximum atomic E-state index is 12.4. The van der Waals surface area contributed by atoms with Crippen LogP contribution in [0.3, 0.4) is 0 Å². The standard InChI is InChI=1S/C17H22O6/c1-2-3-4-5-9-22-16-15(19)13-11-12(21-10-8-18)6-7-14(13)23-17(16)20/h6-7,11,16,18H,2-5,8-10H2,1H3. The number of ketones is 1. The summed E-state index contributed by atoms with van der Waals surface area (Å²) in [6, 6.07) is 4.60. The minimum absolute atomic E-state index is 0.122. The first-order chi connectivity index (χ1) is 11.2. The van der Waals surface area contributed by atoms with Crippen molar-refractivity contribution < 1.29 is 28.9 Å². The molecule has 2 rings (SSSR count). The Morgan fingerprint density at radius 2 is 2.00 bits per heavy atom. The van der Waals surface area contributed by atoms with Crippen LogP contribution < -0.4 is 9.47 Å².